The summed E-state index contributed by atoms with van der Waals surface area (Å²) in [6, 6.07) is 11.8. The summed E-state index contributed by atoms with van der Waals surface area (Å²) in [6.45, 7) is 8.74. The highest BCUT2D eigenvalue weighted by Crippen LogP contribution is 2.25. The fourth-order valence-corrected chi connectivity index (χ4v) is 2.53. The molecule has 5 nitrogen and oxygen atoms in total. The van der Waals surface area contributed by atoms with Crippen molar-refractivity contribution >= 4 is 23.5 Å². The Balaban J connectivity index is 2.07. The summed E-state index contributed by atoms with van der Waals surface area (Å²) in [5.74, 6) is 1.64. The predicted octanol–water partition coefficient (Wildman–Crippen LogP) is 3.88. The first-order valence-electron chi connectivity index (χ1n) is 8.59. The van der Waals surface area contributed by atoms with Gasteiger partial charge in [-0.3, -0.25) is 5.43 Å². The first kappa shape index (κ1) is 20.5. The topological polar surface area (TPSA) is 54.9 Å². The molecule has 0 saturated heterocycles. The number of nitrogens with one attached hydrogen (secondary N) is 2. The minimum absolute atomic E-state index is 0.405. The number of methoxy groups -OCH3 is 1. The van der Waals surface area contributed by atoms with Crippen LogP contribution in [-0.2, 0) is 6.61 Å². The molecule has 0 bridgehead atoms. The number of aryl methyl sites for hydroxylation is 1. The van der Waals surface area contributed by atoms with Crippen molar-refractivity contribution in [2.24, 2.45) is 5.10 Å². The van der Waals surface area contributed by atoms with Gasteiger partial charge in [-0.2, -0.15) is 5.10 Å². The molecule has 0 aliphatic rings. The van der Waals surface area contributed by atoms with Gasteiger partial charge in [-0.1, -0.05) is 18.2 Å². The van der Waals surface area contributed by atoms with Crippen LogP contribution < -0.4 is 20.2 Å². The Bertz CT molecular complexity index is 834. The molecule has 2 aromatic rings. The van der Waals surface area contributed by atoms with Gasteiger partial charge in [-0.05, 0) is 67.0 Å². The molecule has 0 aliphatic carbocycles. The van der Waals surface area contributed by atoms with Crippen LogP contribution in [0.2, 0.25) is 0 Å². The maximum Gasteiger partial charge on any atom is 0.187 e. The molecule has 2 aromatic carbocycles. The van der Waals surface area contributed by atoms with E-state index in [9.17, 15) is 0 Å². The van der Waals surface area contributed by atoms with E-state index in [-0.39, 0.29) is 0 Å². The summed E-state index contributed by atoms with van der Waals surface area (Å²) in [5, 5.41) is 7.53. The summed E-state index contributed by atoms with van der Waals surface area (Å²) in [6.07, 6.45) is 3.42. The second-order valence-corrected chi connectivity index (χ2v) is 6.33. The first-order valence-corrected chi connectivity index (χ1v) is 8.99. The summed E-state index contributed by atoms with van der Waals surface area (Å²) in [4.78, 5) is 0. The van der Waals surface area contributed by atoms with Crippen molar-refractivity contribution in [3.8, 4) is 11.5 Å². The van der Waals surface area contributed by atoms with Gasteiger partial charge in [0.25, 0.3) is 0 Å². The number of hydrogen-bond acceptors (Lipinski definition) is 4. The van der Waals surface area contributed by atoms with Gasteiger partial charge in [0.05, 0.1) is 13.3 Å². The lowest BCUT2D eigenvalue weighted by Gasteiger charge is -2.13. The van der Waals surface area contributed by atoms with Gasteiger partial charge < -0.3 is 14.8 Å². The van der Waals surface area contributed by atoms with Gasteiger partial charge in [0.1, 0.15) is 18.1 Å². The molecule has 0 unspecified atom stereocenters. The van der Waals surface area contributed by atoms with Gasteiger partial charge >= 0.3 is 0 Å². The molecular weight excluding hydrogens is 358 g/mol. The molecule has 0 radical (unpaired) electrons. The van der Waals surface area contributed by atoms with Crippen molar-refractivity contribution in [2.45, 2.75) is 20.5 Å². The molecule has 0 aliphatic heterocycles. The molecule has 27 heavy (non-hydrogen) atoms. The van der Waals surface area contributed by atoms with E-state index < -0.39 is 0 Å². The van der Waals surface area contributed by atoms with E-state index >= 15 is 0 Å². The average Bonchev–Trinajstić information content (AvgIpc) is 2.67. The number of benzene rings is 2. The van der Waals surface area contributed by atoms with Crippen LogP contribution in [0, 0.1) is 13.8 Å². The van der Waals surface area contributed by atoms with Crippen molar-refractivity contribution in [1.82, 2.24) is 10.7 Å². The minimum Gasteiger partial charge on any atom is -0.496 e. The normalized spacial score (nSPS) is 10.5. The van der Waals surface area contributed by atoms with Crippen LogP contribution in [0.3, 0.4) is 0 Å². The van der Waals surface area contributed by atoms with Crippen LogP contribution in [0.4, 0.5) is 0 Å². The molecule has 0 heterocycles. The maximum absolute atomic E-state index is 6.01. The van der Waals surface area contributed by atoms with Gasteiger partial charge in [0.15, 0.2) is 5.11 Å². The Morgan fingerprint density at radius 1 is 1.22 bits per heavy atom. The Hall–Kier alpha value is -2.86. The van der Waals surface area contributed by atoms with Crippen LogP contribution >= 0.6 is 12.2 Å². The van der Waals surface area contributed by atoms with E-state index in [0.29, 0.717) is 18.3 Å². The summed E-state index contributed by atoms with van der Waals surface area (Å²) in [7, 11) is 1.65. The number of hydrazone groups is 1. The van der Waals surface area contributed by atoms with E-state index in [4.69, 9.17) is 21.7 Å². The molecule has 0 saturated carbocycles. The van der Waals surface area contributed by atoms with Crippen LogP contribution in [0.15, 0.2) is 54.2 Å². The number of ether oxygens (including phenoxy) is 2. The van der Waals surface area contributed by atoms with Crippen molar-refractivity contribution in [2.75, 3.05) is 13.7 Å². The van der Waals surface area contributed by atoms with E-state index in [1.165, 1.54) is 5.56 Å². The van der Waals surface area contributed by atoms with E-state index in [0.717, 1.165) is 28.2 Å². The van der Waals surface area contributed by atoms with E-state index in [1.54, 1.807) is 19.4 Å². The third kappa shape index (κ3) is 6.11. The van der Waals surface area contributed by atoms with E-state index in [2.05, 4.69) is 42.3 Å². The second-order valence-electron chi connectivity index (χ2n) is 5.93. The van der Waals surface area contributed by atoms with Crippen LogP contribution in [-0.4, -0.2) is 25.0 Å². The first-order chi connectivity index (χ1) is 13.0. The molecular formula is C21H25N3O2S. The zero-order valence-electron chi connectivity index (χ0n) is 15.9. The third-order valence-electron chi connectivity index (χ3n) is 4.03. The van der Waals surface area contributed by atoms with Crippen molar-refractivity contribution in [1.29, 1.82) is 0 Å². The smallest absolute Gasteiger partial charge is 0.187 e. The average molecular weight is 384 g/mol. The summed E-state index contributed by atoms with van der Waals surface area (Å²) < 4.78 is 11.5. The lowest BCUT2D eigenvalue weighted by molar-refractivity contribution is 0.294. The minimum atomic E-state index is 0.405. The van der Waals surface area contributed by atoms with Gasteiger partial charge in [-0.15, -0.1) is 6.58 Å². The number of thiocarbonyl (C=S) groups is 1. The molecule has 2 rings (SSSR count). The van der Waals surface area contributed by atoms with Crippen LogP contribution in [0.1, 0.15) is 22.3 Å². The Morgan fingerprint density at radius 2 is 2.04 bits per heavy atom. The standard InChI is InChI=1S/C21H25N3O2S/c1-5-11-22-21(27)24-23-13-17-9-10-20(25-4)18(12-17)14-26-19-8-6-7-15(2)16(19)3/h5-10,12-13H,1,11,14H2,2-4H3,(H2,22,24,27). The van der Waals surface area contributed by atoms with Crippen molar-refractivity contribution in [3.63, 3.8) is 0 Å². The predicted molar refractivity (Wildman–Crippen MR) is 115 cm³/mol. The molecule has 0 spiro atoms. The van der Waals surface area contributed by atoms with Gasteiger partial charge in [0, 0.05) is 12.1 Å². The largest absolute Gasteiger partial charge is 0.496 e. The quantitative estimate of drug-likeness (QED) is 0.314. The van der Waals surface area contributed by atoms with Crippen LogP contribution in [0.25, 0.3) is 0 Å². The molecule has 0 fully saturated rings. The third-order valence-corrected chi connectivity index (χ3v) is 4.26. The molecule has 6 heteroatoms. The highest BCUT2D eigenvalue weighted by Gasteiger charge is 2.07. The van der Waals surface area contributed by atoms with Crippen molar-refractivity contribution in [3.05, 3.63) is 71.3 Å². The number of rotatable bonds is 8. The number of nitrogens with zero attached hydrogens (tertiary/aromatic N) is 1. The Morgan fingerprint density at radius 3 is 2.78 bits per heavy atom. The Kier molecular flexibility index (Phi) is 7.82. The Labute approximate surface area is 166 Å². The summed E-state index contributed by atoms with van der Waals surface area (Å²) >= 11 is 5.09. The summed E-state index contributed by atoms with van der Waals surface area (Å²) in [5.41, 5.74) is 6.96. The van der Waals surface area contributed by atoms with Gasteiger partial charge in [-0.25, -0.2) is 0 Å². The highest BCUT2D eigenvalue weighted by atomic mass is 32.1. The highest BCUT2D eigenvalue weighted by molar-refractivity contribution is 7.80. The molecule has 0 amide bonds. The molecule has 142 valence electrons. The number of hydrogen-bond donors (Lipinski definition) is 2. The van der Waals surface area contributed by atoms with Crippen molar-refractivity contribution < 1.29 is 9.47 Å². The van der Waals surface area contributed by atoms with E-state index in [1.807, 2.05) is 30.3 Å². The maximum atomic E-state index is 6.01. The monoisotopic (exact) mass is 383 g/mol. The lowest BCUT2D eigenvalue weighted by atomic mass is 10.1. The molecule has 0 atom stereocenters. The lowest BCUT2D eigenvalue weighted by Crippen LogP contribution is -2.31. The molecule has 2 N–H and O–H groups in total. The fourth-order valence-electron chi connectivity index (χ4n) is 2.40. The zero-order valence-corrected chi connectivity index (χ0v) is 16.7. The fraction of sp³-hybridized carbons (Fsp3) is 0.238. The molecule has 0 aromatic heterocycles. The second kappa shape index (κ2) is 10.3. The van der Waals surface area contributed by atoms with Crippen LogP contribution in [0.5, 0.6) is 11.5 Å². The zero-order chi connectivity index (χ0) is 19.6. The SMILES string of the molecule is C=CCNC(=S)NN=Cc1ccc(OC)c(COc2cccc(C)c2C)c1. The van der Waals surface area contributed by atoms with Gasteiger partial charge in [0.2, 0.25) is 0 Å².